The largest absolute Gasteiger partial charge is 0.563 e. The van der Waals surface area contributed by atoms with Crippen molar-refractivity contribution in [3.8, 4) is 0 Å². The number of hydrogen-bond donors (Lipinski definition) is 11. The summed E-state index contributed by atoms with van der Waals surface area (Å²) in [6.07, 6.45) is 0. The molecular weight excluding hydrogens is 1030 g/mol. The van der Waals surface area contributed by atoms with Crippen LogP contribution in [0.25, 0.3) is 0 Å². The van der Waals surface area contributed by atoms with Crippen molar-refractivity contribution in [2.24, 2.45) is 0 Å². The van der Waals surface area contributed by atoms with E-state index in [1.54, 1.807) is 6.55 Å². The molecule has 0 bridgehead atoms. The molecule has 11 N–H and O–H groups in total. The molecule has 0 amide bonds. The first-order valence-electron chi connectivity index (χ1n) is 12.2. The number of hydrogen-bond acceptors (Lipinski definition) is 30. The van der Waals surface area contributed by atoms with Gasteiger partial charge in [0.1, 0.15) is 0 Å². The van der Waals surface area contributed by atoms with Crippen LogP contribution in [0.2, 0.25) is 26.2 Å². The van der Waals surface area contributed by atoms with Crippen molar-refractivity contribution in [3.63, 3.8) is 0 Å². The molecule has 0 saturated carbocycles. The molecule has 0 unspecified atom stereocenters. The minimum atomic E-state index is -3.74. The van der Waals surface area contributed by atoms with Gasteiger partial charge in [-0.1, -0.05) is 0 Å². The van der Waals surface area contributed by atoms with Gasteiger partial charge in [-0.15, -0.1) is 0 Å². The Morgan fingerprint density at radius 2 is 0.846 bits per heavy atom. The lowest BCUT2D eigenvalue weighted by Gasteiger charge is -2.30. The minimum absolute atomic E-state index is 0.738. The predicted molar refractivity (Wildman–Crippen MR) is 172 cm³/mol. The molecule has 2 rings (SSSR count). The molecule has 0 aromatic rings. The highest BCUT2D eigenvalue weighted by atomic mass is 28.5. The fourth-order valence-corrected chi connectivity index (χ4v) is 29.8. The van der Waals surface area contributed by atoms with Crippen LogP contribution in [-0.4, -0.2) is 224 Å². The highest BCUT2D eigenvalue weighted by Crippen LogP contribution is 2.15. The maximum atomic E-state index is 10.2. The molecule has 30 nitrogen and oxygen atoms in total. The third-order valence-electron chi connectivity index (χ3n) is 3.56. The Labute approximate surface area is 326 Å². The molecular formula is C4H23O30Si18. The van der Waals surface area contributed by atoms with Crippen LogP contribution in [0.1, 0.15) is 0 Å². The van der Waals surface area contributed by atoms with E-state index in [4.69, 9.17) is 83.7 Å². The van der Waals surface area contributed by atoms with Gasteiger partial charge in [0.05, 0.1) is 0 Å². The van der Waals surface area contributed by atoms with E-state index in [2.05, 4.69) is 4.12 Å². The number of rotatable bonds is 14. The highest BCUT2D eigenvalue weighted by Gasteiger charge is 2.49. The van der Waals surface area contributed by atoms with E-state index in [1.807, 2.05) is 0 Å². The van der Waals surface area contributed by atoms with E-state index in [1.165, 1.54) is 19.6 Å². The summed E-state index contributed by atoms with van der Waals surface area (Å²) < 4.78 is 102. The van der Waals surface area contributed by atoms with Crippen molar-refractivity contribution in [3.05, 3.63) is 0 Å². The van der Waals surface area contributed by atoms with Gasteiger partial charge in [-0.2, -0.15) is 0 Å². The zero-order valence-corrected chi connectivity index (χ0v) is 43.7. The maximum Gasteiger partial charge on any atom is 0.563 e. The van der Waals surface area contributed by atoms with Gasteiger partial charge >= 0.3 is 171 Å². The molecule has 0 atom stereocenters. The minimum Gasteiger partial charge on any atom is -0.414 e. The van der Waals surface area contributed by atoms with Crippen molar-refractivity contribution in [1.82, 2.24) is 0 Å². The van der Waals surface area contributed by atoms with Crippen LogP contribution in [0.4, 0.5) is 0 Å². The molecule has 291 valence electrons. The maximum absolute atomic E-state index is 10.2. The van der Waals surface area contributed by atoms with Crippen LogP contribution >= 0.6 is 0 Å². The Morgan fingerprint density at radius 1 is 0.442 bits per heavy atom. The average Bonchev–Trinajstić information content (AvgIpc) is 2.93. The van der Waals surface area contributed by atoms with Crippen molar-refractivity contribution in [2.75, 3.05) is 0 Å². The van der Waals surface area contributed by atoms with E-state index >= 15 is 0 Å². The molecule has 2 aliphatic heterocycles. The topological polar surface area (TPSA) is 398 Å². The van der Waals surface area contributed by atoms with Crippen LogP contribution in [0.15, 0.2) is 0 Å². The van der Waals surface area contributed by atoms with Gasteiger partial charge in [0.2, 0.25) is 0 Å². The predicted octanol–water partition coefficient (Wildman–Crippen LogP) is -11.9. The normalized spacial score (nSPS) is 23.0. The lowest BCUT2D eigenvalue weighted by Crippen LogP contribution is -2.56. The summed E-state index contributed by atoms with van der Waals surface area (Å²) in [4.78, 5) is 106. The van der Waals surface area contributed by atoms with E-state index in [0.717, 1.165) is 0 Å². The summed E-state index contributed by atoms with van der Waals surface area (Å²) in [5, 5.41) is 0. The molecule has 0 aromatic heterocycles. The third-order valence-corrected chi connectivity index (χ3v) is 32.0. The van der Waals surface area contributed by atoms with Crippen molar-refractivity contribution < 1.29 is 131 Å². The first-order chi connectivity index (χ1) is 24.4. The molecule has 2 saturated heterocycles. The monoisotopic (exact) mass is 1050 g/mol. The molecule has 0 aromatic carbocycles. The lowest BCUT2D eigenvalue weighted by atomic mass is 11.9. The van der Waals surface area contributed by atoms with Gasteiger partial charge in [-0.3, -0.25) is 0 Å². The summed E-state index contributed by atoms with van der Waals surface area (Å²) in [6.45, 7) is 5.63. The highest BCUT2D eigenvalue weighted by molar-refractivity contribution is 6.76. The van der Waals surface area contributed by atoms with Crippen LogP contribution in [0, 0.1) is 0 Å². The fraction of sp³-hybridized carbons (Fsp3) is 1.00. The molecule has 2 heterocycles. The van der Waals surface area contributed by atoms with E-state index < -0.39 is 171 Å². The van der Waals surface area contributed by atoms with Crippen LogP contribution in [0.5, 0.6) is 0 Å². The molecule has 52 heavy (non-hydrogen) atoms. The SMILES string of the molecule is C[Si](O)O[Si]1O[Si](C)O[Si](O[Si](O)O)O[Si](O[Si](O)O[Si](O)O)O[Si](O[Si](O)O)O[Si](O[Si]2O[Si](C)O[Si](C)O[Si]O[Si](O)O[Si](O[Si](O)O)O2)O1. The van der Waals surface area contributed by atoms with Crippen molar-refractivity contribution >= 4 is 171 Å². The Morgan fingerprint density at radius 3 is 1.35 bits per heavy atom. The van der Waals surface area contributed by atoms with Gasteiger partial charge in [0, 0.05) is 0 Å². The van der Waals surface area contributed by atoms with Crippen molar-refractivity contribution in [1.29, 1.82) is 0 Å². The van der Waals surface area contributed by atoms with Crippen LogP contribution in [0.3, 0.4) is 0 Å². The second kappa shape index (κ2) is 27.5. The Kier molecular flexibility index (Phi) is 26.9. The third kappa shape index (κ3) is 23.9. The summed E-state index contributed by atoms with van der Waals surface area (Å²) in [6, 6.07) is 0. The summed E-state index contributed by atoms with van der Waals surface area (Å²) in [7, 11) is -56.0. The van der Waals surface area contributed by atoms with Crippen LogP contribution < -0.4 is 0 Å². The summed E-state index contributed by atoms with van der Waals surface area (Å²) in [5.41, 5.74) is 0. The van der Waals surface area contributed by atoms with Gasteiger partial charge in [0.25, 0.3) is 0 Å². The summed E-state index contributed by atoms with van der Waals surface area (Å²) >= 11 is 0. The molecule has 48 heteroatoms. The molecule has 19 radical (unpaired) electrons. The smallest absolute Gasteiger partial charge is 0.414 e. The average molecular weight is 1060 g/mol. The first-order valence-corrected chi connectivity index (χ1v) is 36.6. The second-order valence-corrected chi connectivity index (χ2v) is 33.9. The second-order valence-electron chi connectivity index (χ2n) is 7.43. The van der Waals surface area contributed by atoms with Gasteiger partial charge < -0.3 is 131 Å². The fourth-order valence-electron chi connectivity index (χ4n) is 2.18. The van der Waals surface area contributed by atoms with E-state index in [-0.39, 0.29) is 0 Å². The lowest BCUT2D eigenvalue weighted by molar-refractivity contribution is 0.123. The van der Waals surface area contributed by atoms with Crippen molar-refractivity contribution in [2.45, 2.75) is 26.2 Å². The van der Waals surface area contributed by atoms with E-state index in [0.29, 0.717) is 0 Å². The van der Waals surface area contributed by atoms with Gasteiger partial charge in [-0.05, 0) is 26.2 Å². The first kappa shape index (κ1) is 50.8. The van der Waals surface area contributed by atoms with Gasteiger partial charge in [-0.25, -0.2) is 0 Å². The van der Waals surface area contributed by atoms with E-state index in [9.17, 15) is 43.2 Å². The molecule has 2 aliphatic rings. The Bertz CT molecular complexity index is 929. The van der Waals surface area contributed by atoms with Gasteiger partial charge in [0.15, 0.2) is 0 Å². The zero-order valence-electron chi connectivity index (χ0n) is 25.7. The Balaban J connectivity index is 2.54. The summed E-state index contributed by atoms with van der Waals surface area (Å²) in [5.74, 6) is 0. The quantitative estimate of drug-likeness (QED) is 0.0720. The zero-order chi connectivity index (χ0) is 39.0. The molecule has 2 fully saturated rings. The van der Waals surface area contributed by atoms with Crippen LogP contribution in [-0.2, 0) is 78.2 Å². The Hall–Kier alpha value is 2.70. The molecule has 0 aliphatic carbocycles. The molecule has 0 spiro atoms. The standard InChI is InChI=1S/C4H23O30Si18/c1-36(5)18-46-21-39(4)22-47(24-41(8)9)30-51(28-45(15)23-40(6)7)33-50(26-43(12)13)34-52(29-46)32-48-20-38(3)19-37(2)16-35-17-44(14)27-49(31-48)25-42(10)11/h5-15H,1-4H3.